The number of hydrogen-bond acceptors (Lipinski definition) is 10. The quantitative estimate of drug-likeness (QED) is 0.449. The van der Waals surface area contributed by atoms with Gasteiger partial charge in [-0.25, -0.2) is 23.4 Å². The number of aromatic nitrogens is 4. The van der Waals surface area contributed by atoms with Crippen molar-refractivity contribution in [1.82, 2.24) is 30.0 Å². The van der Waals surface area contributed by atoms with Crippen LogP contribution in [0.2, 0.25) is 0 Å². The fraction of sp³-hybridized carbons (Fsp3) is 0.217. The average molecular weight is 493 g/mol. The third kappa shape index (κ3) is 4.85. The number of anilines is 3. The Hall–Kier alpha value is -3.87. The molecule has 0 aliphatic carbocycles. The highest BCUT2D eigenvalue weighted by Gasteiger charge is 2.36. The number of sulfonamides is 1. The molecule has 0 saturated carbocycles. The normalized spacial score (nSPS) is 19.9. The van der Waals surface area contributed by atoms with Crippen molar-refractivity contribution in [1.29, 1.82) is 0 Å². The molecule has 12 heteroatoms. The van der Waals surface area contributed by atoms with Crippen LogP contribution in [-0.4, -0.2) is 54.7 Å². The Bertz CT molecular complexity index is 1400. The predicted molar refractivity (Wildman–Crippen MR) is 133 cm³/mol. The molecule has 180 valence electrons. The highest BCUT2D eigenvalue weighted by atomic mass is 32.2. The molecule has 2 aliphatic heterocycles. The van der Waals surface area contributed by atoms with Crippen molar-refractivity contribution in [2.75, 3.05) is 36.5 Å². The molecule has 5 heterocycles. The molecule has 0 bridgehead atoms. The molecular weight excluding hydrogens is 468 g/mol. The zero-order valence-electron chi connectivity index (χ0n) is 18.8. The van der Waals surface area contributed by atoms with Crippen LogP contribution in [0.5, 0.6) is 0 Å². The van der Waals surface area contributed by atoms with Crippen LogP contribution in [0.3, 0.4) is 0 Å². The van der Waals surface area contributed by atoms with Gasteiger partial charge in [-0.15, -0.1) is 0 Å². The van der Waals surface area contributed by atoms with E-state index in [2.05, 4.69) is 46.8 Å². The van der Waals surface area contributed by atoms with E-state index < -0.39 is 15.7 Å². The number of nitrogens with zero attached hydrogens (tertiary/aromatic N) is 5. The van der Waals surface area contributed by atoms with Crippen LogP contribution in [0.25, 0.3) is 10.9 Å². The lowest BCUT2D eigenvalue weighted by molar-refractivity contribution is 0.122. The summed E-state index contributed by atoms with van der Waals surface area (Å²) in [4.78, 5) is 20.2. The maximum Gasteiger partial charge on any atom is 0.235 e. The Balaban J connectivity index is 1.48. The SMILES string of the molecule is C=CS(=O)(=O)NC1(c2nccc3cnc(Nc4ccc(N5CCOCC5)nc4)nc23)C=CC=CN1. The van der Waals surface area contributed by atoms with Crippen molar-refractivity contribution in [3.8, 4) is 0 Å². The van der Waals surface area contributed by atoms with E-state index in [0.29, 0.717) is 41.4 Å². The standard InChI is InChI=1S/C23H24N8O3S/c1-2-35(32,33)30-23(8-3-4-9-27-23)21-20-17(7-10-24-21)15-26-22(29-20)28-18-5-6-19(25-16-18)31-11-13-34-14-12-31/h2-10,15-16,27,30H,1,11-14H2,(H,26,28,29). The molecule has 0 amide bonds. The van der Waals surface area contributed by atoms with E-state index in [0.717, 1.165) is 24.3 Å². The van der Waals surface area contributed by atoms with Crippen LogP contribution >= 0.6 is 0 Å². The van der Waals surface area contributed by atoms with Crippen molar-refractivity contribution >= 4 is 38.4 Å². The number of dihydropyridines is 1. The lowest BCUT2D eigenvalue weighted by Gasteiger charge is -2.32. The van der Waals surface area contributed by atoms with Gasteiger partial charge in [-0.1, -0.05) is 12.7 Å². The Morgan fingerprint density at radius 3 is 2.69 bits per heavy atom. The molecule has 1 unspecified atom stereocenters. The number of allylic oxidation sites excluding steroid dienone is 2. The van der Waals surface area contributed by atoms with Gasteiger partial charge >= 0.3 is 0 Å². The molecule has 5 rings (SSSR count). The summed E-state index contributed by atoms with van der Waals surface area (Å²) < 4.78 is 32.8. The minimum absolute atomic E-state index is 0.324. The topological polar surface area (TPSA) is 134 Å². The van der Waals surface area contributed by atoms with E-state index in [1.165, 1.54) is 0 Å². The summed E-state index contributed by atoms with van der Waals surface area (Å²) in [7, 11) is -3.82. The molecule has 3 aromatic heterocycles. The van der Waals surface area contributed by atoms with Crippen LogP contribution in [0.4, 0.5) is 17.5 Å². The van der Waals surface area contributed by atoms with Gasteiger partial charge in [-0.3, -0.25) is 4.98 Å². The van der Waals surface area contributed by atoms with E-state index in [1.807, 2.05) is 12.1 Å². The van der Waals surface area contributed by atoms with Gasteiger partial charge in [0.25, 0.3) is 0 Å². The molecule has 1 atom stereocenters. The maximum atomic E-state index is 12.4. The molecule has 35 heavy (non-hydrogen) atoms. The van der Waals surface area contributed by atoms with Crippen LogP contribution in [0.15, 0.2) is 73.2 Å². The van der Waals surface area contributed by atoms with Crippen molar-refractivity contribution in [3.05, 3.63) is 78.9 Å². The van der Waals surface area contributed by atoms with E-state index in [9.17, 15) is 8.42 Å². The van der Waals surface area contributed by atoms with Crippen molar-refractivity contribution < 1.29 is 13.2 Å². The second-order valence-electron chi connectivity index (χ2n) is 7.90. The second kappa shape index (κ2) is 9.41. The maximum absolute atomic E-state index is 12.4. The van der Waals surface area contributed by atoms with Gasteiger partial charge in [-0.05, 0) is 36.6 Å². The van der Waals surface area contributed by atoms with E-state index in [4.69, 9.17) is 4.74 Å². The van der Waals surface area contributed by atoms with Crippen LogP contribution < -0.4 is 20.3 Å². The molecule has 0 radical (unpaired) electrons. The summed E-state index contributed by atoms with van der Waals surface area (Å²) in [5.74, 6) is 1.20. The largest absolute Gasteiger partial charge is 0.378 e. The van der Waals surface area contributed by atoms with Gasteiger partial charge in [0.15, 0.2) is 5.66 Å². The number of ether oxygens (including phenoxy) is 1. The number of nitrogens with one attached hydrogen (secondary N) is 3. The first-order chi connectivity index (χ1) is 17.0. The first-order valence-corrected chi connectivity index (χ1v) is 12.5. The van der Waals surface area contributed by atoms with Crippen LogP contribution in [0.1, 0.15) is 5.69 Å². The third-order valence-corrected chi connectivity index (χ3v) is 6.64. The summed E-state index contributed by atoms with van der Waals surface area (Å²) in [6.45, 7) is 6.37. The number of fused-ring (bicyclic) bond motifs is 1. The zero-order valence-corrected chi connectivity index (χ0v) is 19.6. The molecule has 3 N–H and O–H groups in total. The first kappa shape index (κ1) is 22.9. The van der Waals surface area contributed by atoms with Gasteiger partial charge in [0, 0.05) is 36.3 Å². The average Bonchev–Trinajstić information content (AvgIpc) is 2.89. The lowest BCUT2D eigenvalue weighted by atomic mass is 10.0. The highest BCUT2D eigenvalue weighted by Crippen LogP contribution is 2.28. The Morgan fingerprint density at radius 1 is 1.11 bits per heavy atom. The molecule has 2 aliphatic rings. The van der Waals surface area contributed by atoms with Gasteiger partial charge in [0.1, 0.15) is 17.0 Å². The Morgan fingerprint density at radius 2 is 1.97 bits per heavy atom. The highest BCUT2D eigenvalue weighted by molar-refractivity contribution is 7.92. The number of hydrogen-bond donors (Lipinski definition) is 3. The van der Waals surface area contributed by atoms with Gasteiger partial charge in [0.05, 0.1) is 25.1 Å². The molecule has 0 aromatic carbocycles. The summed E-state index contributed by atoms with van der Waals surface area (Å²) in [6, 6.07) is 5.61. The van der Waals surface area contributed by atoms with Crippen LogP contribution in [-0.2, 0) is 20.4 Å². The van der Waals surface area contributed by atoms with E-state index in [1.54, 1.807) is 49.1 Å². The van der Waals surface area contributed by atoms with Gasteiger partial charge < -0.3 is 20.3 Å². The monoisotopic (exact) mass is 492 g/mol. The first-order valence-electron chi connectivity index (χ1n) is 10.9. The molecular formula is C23H24N8O3S. The molecule has 3 aromatic rings. The summed E-state index contributed by atoms with van der Waals surface area (Å²) in [5.41, 5.74) is 0.204. The minimum Gasteiger partial charge on any atom is -0.378 e. The molecule has 1 saturated heterocycles. The van der Waals surface area contributed by atoms with Crippen molar-refractivity contribution in [3.63, 3.8) is 0 Å². The Labute approximate surface area is 202 Å². The fourth-order valence-corrected chi connectivity index (χ4v) is 4.64. The number of pyridine rings is 2. The van der Waals surface area contributed by atoms with Gasteiger partial charge in [-0.2, -0.15) is 4.72 Å². The minimum atomic E-state index is -3.82. The molecule has 1 fully saturated rings. The summed E-state index contributed by atoms with van der Waals surface area (Å²) in [5, 5.41) is 7.78. The van der Waals surface area contributed by atoms with Crippen LogP contribution in [0, 0.1) is 0 Å². The predicted octanol–water partition coefficient (Wildman–Crippen LogP) is 1.89. The van der Waals surface area contributed by atoms with Gasteiger partial charge in [0.2, 0.25) is 16.0 Å². The smallest absolute Gasteiger partial charge is 0.235 e. The van der Waals surface area contributed by atoms with Crippen molar-refractivity contribution in [2.24, 2.45) is 0 Å². The van der Waals surface area contributed by atoms with Crippen molar-refractivity contribution in [2.45, 2.75) is 5.66 Å². The summed E-state index contributed by atoms with van der Waals surface area (Å²) in [6.07, 6.45) is 11.7. The Kier molecular flexibility index (Phi) is 6.16. The second-order valence-corrected chi connectivity index (χ2v) is 9.53. The lowest BCUT2D eigenvalue weighted by Crippen LogP contribution is -2.53. The number of rotatable bonds is 7. The summed E-state index contributed by atoms with van der Waals surface area (Å²) >= 11 is 0. The molecule has 11 nitrogen and oxygen atoms in total. The fourth-order valence-electron chi connectivity index (χ4n) is 3.88. The van der Waals surface area contributed by atoms with E-state index in [-0.39, 0.29) is 0 Å². The third-order valence-electron chi connectivity index (χ3n) is 5.60. The molecule has 0 spiro atoms. The van der Waals surface area contributed by atoms with E-state index >= 15 is 0 Å². The number of morpholine rings is 1. The zero-order chi connectivity index (χ0) is 24.3.